The molecule has 0 N–H and O–H groups in total. The monoisotopic (exact) mass is 274 g/mol. The third-order valence-electron chi connectivity index (χ3n) is 3.72. The predicted molar refractivity (Wildman–Crippen MR) is 72.0 cm³/mol. The molecule has 2 heterocycles. The average Bonchev–Trinajstić information content (AvgIpc) is 2.44. The number of fused-ring (bicyclic) bond motifs is 4. The second-order valence-corrected chi connectivity index (χ2v) is 6.30. The molecule has 0 radical (unpaired) electrons. The summed E-state index contributed by atoms with van der Waals surface area (Å²) >= 11 is 1.80. The highest BCUT2D eigenvalue weighted by Crippen LogP contribution is 2.56. The summed E-state index contributed by atoms with van der Waals surface area (Å²) in [4.78, 5) is 5.14. The van der Waals surface area contributed by atoms with Gasteiger partial charge in [-0.2, -0.15) is 0 Å². The van der Waals surface area contributed by atoms with Crippen LogP contribution in [0.5, 0.6) is 5.75 Å². The molecular formula is C15H11FO2S. The van der Waals surface area contributed by atoms with Gasteiger partial charge in [0.2, 0.25) is 0 Å². The number of rotatable bonds is 1. The Morgan fingerprint density at radius 2 is 1.95 bits per heavy atom. The second kappa shape index (κ2) is 3.99. The Labute approximate surface area is 114 Å². The van der Waals surface area contributed by atoms with Crippen LogP contribution in [-0.2, 0) is 9.48 Å². The minimum Gasteiger partial charge on any atom is -0.378 e. The third kappa shape index (κ3) is 1.53. The van der Waals surface area contributed by atoms with Crippen LogP contribution >= 0.6 is 11.8 Å². The molecule has 0 amide bonds. The molecule has 1 fully saturated rings. The van der Waals surface area contributed by atoms with Crippen molar-refractivity contribution in [1.29, 1.82) is 0 Å². The Bertz CT molecular complexity index is 652. The van der Waals surface area contributed by atoms with Crippen molar-refractivity contribution in [3.63, 3.8) is 0 Å². The molecule has 1 spiro atoms. The molecule has 0 saturated carbocycles. The van der Waals surface area contributed by atoms with Crippen LogP contribution in [0, 0.1) is 0 Å². The minimum atomic E-state index is -0.0851. The van der Waals surface area contributed by atoms with E-state index in [1.807, 2.05) is 18.2 Å². The molecule has 1 saturated heterocycles. The Morgan fingerprint density at radius 1 is 1.11 bits per heavy atom. The van der Waals surface area contributed by atoms with Crippen molar-refractivity contribution in [2.24, 2.45) is 0 Å². The molecule has 2 aliphatic rings. The van der Waals surface area contributed by atoms with E-state index in [4.69, 9.17) is 4.74 Å². The molecule has 4 heteroatoms. The molecule has 0 aromatic heterocycles. The smallest absolute Gasteiger partial charge is 0.172 e. The van der Waals surface area contributed by atoms with Crippen molar-refractivity contribution in [3.8, 4) is 16.9 Å². The molecule has 2 nitrogen and oxygen atoms in total. The normalized spacial score (nSPS) is 18.4. The number of hydrogen-bond acceptors (Lipinski definition) is 3. The molecule has 4 rings (SSSR count). The standard InChI is InChI=1S/C15H11FO2S/c16-18-10-5-6-11-12-3-1-2-4-14(12)19-15(8-17-9-15)13(11)7-10/h1-7H,8-9H2. The molecule has 2 aromatic rings. The van der Waals surface area contributed by atoms with Crippen LogP contribution in [0.1, 0.15) is 5.56 Å². The SMILES string of the molecule is FOc1ccc2c(c1)C1(COC1)Sc1ccccc1-2. The van der Waals surface area contributed by atoms with Crippen molar-refractivity contribution in [3.05, 3.63) is 48.0 Å². The van der Waals surface area contributed by atoms with Crippen LogP contribution in [-0.4, -0.2) is 13.2 Å². The van der Waals surface area contributed by atoms with Gasteiger partial charge in [-0.05, 0) is 34.9 Å². The summed E-state index contributed by atoms with van der Waals surface area (Å²) in [5.41, 5.74) is 3.46. The maximum atomic E-state index is 12.4. The van der Waals surface area contributed by atoms with E-state index in [9.17, 15) is 4.53 Å². The van der Waals surface area contributed by atoms with Gasteiger partial charge in [0.1, 0.15) is 0 Å². The number of thioether (sulfide) groups is 1. The lowest BCUT2D eigenvalue weighted by Crippen LogP contribution is -2.45. The van der Waals surface area contributed by atoms with Crippen molar-refractivity contribution in [1.82, 2.24) is 0 Å². The first-order valence-corrected chi connectivity index (χ1v) is 6.93. The van der Waals surface area contributed by atoms with Gasteiger partial charge in [-0.3, -0.25) is 4.94 Å². The average molecular weight is 274 g/mol. The lowest BCUT2D eigenvalue weighted by Gasteiger charge is -2.45. The van der Waals surface area contributed by atoms with Gasteiger partial charge in [-0.25, -0.2) is 0 Å². The van der Waals surface area contributed by atoms with Crippen LogP contribution in [0.3, 0.4) is 0 Å². The van der Waals surface area contributed by atoms with Gasteiger partial charge >= 0.3 is 0 Å². The van der Waals surface area contributed by atoms with E-state index >= 15 is 0 Å². The summed E-state index contributed by atoms with van der Waals surface area (Å²) in [6.45, 7) is 1.32. The van der Waals surface area contributed by atoms with Crippen LogP contribution in [0.4, 0.5) is 4.53 Å². The molecule has 19 heavy (non-hydrogen) atoms. The largest absolute Gasteiger partial charge is 0.378 e. The number of halogens is 1. The first-order chi connectivity index (χ1) is 9.32. The molecule has 0 unspecified atom stereocenters. The summed E-state index contributed by atoms with van der Waals surface area (Å²) in [5.74, 6) is 0.255. The van der Waals surface area contributed by atoms with E-state index in [-0.39, 0.29) is 10.5 Å². The Hall–Kier alpha value is -1.52. The van der Waals surface area contributed by atoms with Crippen molar-refractivity contribution in [2.75, 3.05) is 13.2 Å². The lowest BCUT2D eigenvalue weighted by molar-refractivity contribution is -0.0143. The minimum absolute atomic E-state index is 0.0851. The van der Waals surface area contributed by atoms with Crippen LogP contribution in [0.25, 0.3) is 11.1 Å². The van der Waals surface area contributed by atoms with Gasteiger partial charge < -0.3 is 4.74 Å². The van der Waals surface area contributed by atoms with Crippen LogP contribution in [0.2, 0.25) is 0 Å². The van der Waals surface area contributed by atoms with Crippen molar-refractivity contribution >= 4 is 11.8 Å². The highest BCUT2D eigenvalue weighted by Gasteiger charge is 2.46. The fourth-order valence-corrected chi connectivity index (χ4v) is 4.15. The summed E-state index contributed by atoms with van der Waals surface area (Å²) < 4.78 is 17.7. The first kappa shape index (κ1) is 11.3. The Kier molecular flexibility index (Phi) is 2.37. The first-order valence-electron chi connectivity index (χ1n) is 6.12. The van der Waals surface area contributed by atoms with E-state index in [1.165, 1.54) is 10.5 Å². The number of hydrogen-bond donors (Lipinski definition) is 0. The lowest BCUT2D eigenvalue weighted by atomic mass is 9.87. The van der Waals surface area contributed by atoms with E-state index in [1.54, 1.807) is 23.9 Å². The summed E-state index contributed by atoms with van der Waals surface area (Å²) in [5, 5.41) is 0. The zero-order chi connectivity index (χ0) is 12.9. The topological polar surface area (TPSA) is 18.5 Å². The fourth-order valence-electron chi connectivity index (χ4n) is 2.73. The van der Waals surface area contributed by atoms with Crippen LogP contribution in [0.15, 0.2) is 47.4 Å². The Balaban J connectivity index is 1.97. The summed E-state index contributed by atoms with van der Waals surface area (Å²) in [6.07, 6.45) is 0. The van der Waals surface area contributed by atoms with Gasteiger partial charge in [0, 0.05) is 9.42 Å². The maximum Gasteiger partial charge on any atom is 0.172 e. The van der Waals surface area contributed by atoms with Gasteiger partial charge in [-0.15, -0.1) is 11.8 Å². The van der Waals surface area contributed by atoms with Crippen molar-refractivity contribution < 1.29 is 14.2 Å². The van der Waals surface area contributed by atoms with Gasteiger partial charge in [0.15, 0.2) is 5.75 Å². The highest BCUT2D eigenvalue weighted by atomic mass is 32.2. The van der Waals surface area contributed by atoms with E-state index in [0.717, 1.165) is 11.1 Å². The third-order valence-corrected chi connectivity index (χ3v) is 5.15. The molecule has 0 atom stereocenters. The molecule has 0 aliphatic carbocycles. The molecule has 0 bridgehead atoms. The highest BCUT2D eigenvalue weighted by molar-refractivity contribution is 8.00. The summed E-state index contributed by atoms with van der Waals surface area (Å²) in [6, 6.07) is 13.7. The summed E-state index contributed by atoms with van der Waals surface area (Å²) in [7, 11) is 0. The molecule has 2 aromatic carbocycles. The van der Waals surface area contributed by atoms with E-state index in [2.05, 4.69) is 17.1 Å². The zero-order valence-electron chi connectivity index (χ0n) is 10.1. The zero-order valence-corrected chi connectivity index (χ0v) is 10.9. The Morgan fingerprint density at radius 3 is 2.68 bits per heavy atom. The van der Waals surface area contributed by atoms with Gasteiger partial charge in [0.05, 0.1) is 18.0 Å². The van der Waals surface area contributed by atoms with E-state index < -0.39 is 0 Å². The predicted octanol–water partition coefficient (Wildman–Crippen LogP) is 3.95. The second-order valence-electron chi connectivity index (χ2n) is 4.87. The molecular weight excluding hydrogens is 263 g/mol. The van der Waals surface area contributed by atoms with Crippen LogP contribution < -0.4 is 4.94 Å². The van der Waals surface area contributed by atoms with Gasteiger partial charge in [0.25, 0.3) is 0 Å². The molecule has 2 aliphatic heterocycles. The number of ether oxygens (including phenoxy) is 1. The molecule has 96 valence electrons. The van der Waals surface area contributed by atoms with E-state index in [0.29, 0.717) is 13.2 Å². The quantitative estimate of drug-likeness (QED) is 0.784. The maximum absolute atomic E-state index is 12.4. The fraction of sp³-hybridized carbons (Fsp3) is 0.200. The van der Waals surface area contributed by atoms with Gasteiger partial charge in [-0.1, -0.05) is 24.3 Å². The van der Waals surface area contributed by atoms with Crippen molar-refractivity contribution in [2.45, 2.75) is 9.64 Å². The number of benzene rings is 2.